The third-order valence-corrected chi connectivity index (χ3v) is 2.24. The minimum Gasteiger partial charge on any atom is -0.439 e. The molecule has 1 heterocycles. The molecule has 1 aliphatic rings. The van der Waals surface area contributed by atoms with E-state index in [1.807, 2.05) is 0 Å². The maximum absolute atomic E-state index is 12.2. The van der Waals surface area contributed by atoms with Crippen LogP contribution in [0.4, 0.5) is 13.6 Å². The van der Waals surface area contributed by atoms with Crippen molar-refractivity contribution < 1.29 is 18.3 Å². The molecule has 0 radical (unpaired) electrons. The highest BCUT2D eigenvalue weighted by Crippen LogP contribution is 2.24. The van der Waals surface area contributed by atoms with Crippen molar-refractivity contribution in [2.75, 3.05) is 6.54 Å². The lowest BCUT2D eigenvalue weighted by Gasteiger charge is -2.08. The number of alkyl halides is 2. The van der Waals surface area contributed by atoms with Gasteiger partial charge in [-0.05, 0) is 5.56 Å². The first-order valence-corrected chi connectivity index (χ1v) is 4.49. The summed E-state index contributed by atoms with van der Waals surface area (Å²) < 4.78 is 29.4. The number of hydrogen-bond donors (Lipinski definition) is 1. The predicted molar refractivity (Wildman–Crippen MR) is 48.6 cm³/mol. The van der Waals surface area contributed by atoms with Crippen molar-refractivity contribution in [1.82, 2.24) is 5.32 Å². The van der Waals surface area contributed by atoms with Gasteiger partial charge in [-0.2, -0.15) is 0 Å². The lowest BCUT2D eigenvalue weighted by atomic mass is 10.1. The molecule has 3 nitrogen and oxygen atoms in total. The van der Waals surface area contributed by atoms with Crippen LogP contribution in [-0.2, 0) is 4.74 Å². The molecular weight excluding hydrogens is 204 g/mol. The van der Waals surface area contributed by atoms with Crippen LogP contribution in [0.3, 0.4) is 0 Å². The number of amides is 1. The van der Waals surface area contributed by atoms with Gasteiger partial charge in [0.1, 0.15) is 6.10 Å². The second kappa shape index (κ2) is 3.84. The molecule has 1 amide bonds. The van der Waals surface area contributed by atoms with Gasteiger partial charge in [-0.25, -0.2) is 13.6 Å². The molecule has 0 aliphatic carbocycles. The Bertz CT molecular complexity index is 364. The van der Waals surface area contributed by atoms with Crippen LogP contribution in [0.25, 0.3) is 0 Å². The van der Waals surface area contributed by atoms with Crippen LogP contribution in [0.15, 0.2) is 24.3 Å². The zero-order valence-corrected chi connectivity index (χ0v) is 7.74. The SMILES string of the molecule is O=C1NCC(c2ccc(C(F)F)cc2)O1. The number of alkyl carbamates (subject to hydrolysis) is 1. The Labute approximate surface area is 85.0 Å². The van der Waals surface area contributed by atoms with Crippen molar-refractivity contribution in [2.45, 2.75) is 12.5 Å². The zero-order chi connectivity index (χ0) is 10.8. The van der Waals surface area contributed by atoms with Gasteiger partial charge < -0.3 is 10.1 Å². The van der Waals surface area contributed by atoms with Crippen LogP contribution < -0.4 is 5.32 Å². The fraction of sp³-hybridized carbons (Fsp3) is 0.300. The van der Waals surface area contributed by atoms with E-state index in [9.17, 15) is 13.6 Å². The molecule has 80 valence electrons. The second-order valence-electron chi connectivity index (χ2n) is 3.24. The quantitative estimate of drug-likeness (QED) is 0.819. The highest BCUT2D eigenvalue weighted by molar-refractivity contribution is 5.69. The van der Waals surface area contributed by atoms with Crippen molar-refractivity contribution in [3.05, 3.63) is 35.4 Å². The van der Waals surface area contributed by atoms with Gasteiger partial charge in [0.05, 0.1) is 6.54 Å². The van der Waals surface area contributed by atoms with Crippen molar-refractivity contribution in [2.24, 2.45) is 0 Å². The summed E-state index contributed by atoms with van der Waals surface area (Å²) in [6.45, 7) is 0.382. The fourth-order valence-corrected chi connectivity index (χ4v) is 1.43. The summed E-state index contributed by atoms with van der Waals surface area (Å²) in [5, 5.41) is 2.50. The molecule has 0 spiro atoms. The van der Waals surface area contributed by atoms with Crippen molar-refractivity contribution >= 4 is 6.09 Å². The summed E-state index contributed by atoms with van der Waals surface area (Å²) >= 11 is 0. The number of halogens is 2. The van der Waals surface area contributed by atoms with E-state index < -0.39 is 12.5 Å². The Balaban J connectivity index is 2.13. The maximum atomic E-state index is 12.2. The molecule has 1 saturated heterocycles. The molecule has 0 saturated carbocycles. The Hall–Kier alpha value is -1.65. The molecule has 0 bridgehead atoms. The van der Waals surface area contributed by atoms with Crippen LogP contribution in [0.5, 0.6) is 0 Å². The van der Waals surface area contributed by atoms with Gasteiger partial charge in [0, 0.05) is 5.56 Å². The van der Waals surface area contributed by atoms with E-state index in [-0.39, 0.29) is 11.7 Å². The Morgan fingerprint density at radius 2 is 2.00 bits per heavy atom. The van der Waals surface area contributed by atoms with Crippen molar-refractivity contribution in [3.8, 4) is 0 Å². The summed E-state index contributed by atoms with van der Waals surface area (Å²) in [4.78, 5) is 10.7. The van der Waals surface area contributed by atoms with E-state index in [4.69, 9.17) is 4.74 Å². The Morgan fingerprint density at radius 3 is 2.47 bits per heavy atom. The minimum atomic E-state index is -2.47. The van der Waals surface area contributed by atoms with Gasteiger partial charge in [0.25, 0.3) is 6.43 Å². The summed E-state index contributed by atoms with van der Waals surface area (Å²) in [7, 11) is 0. The van der Waals surface area contributed by atoms with Crippen LogP contribution in [0.2, 0.25) is 0 Å². The van der Waals surface area contributed by atoms with Crippen LogP contribution in [-0.4, -0.2) is 12.6 Å². The van der Waals surface area contributed by atoms with Crippen molar-refractivity contribution in [3.63, 3.8) is 0 Å². The van der Waals surface area contributed by atoms with E-state index >= 15 is 0 Å². The molecule has 1 unspecified atom stereocenters. The smallest absolute Gasteiger partial charge is 0.407 e. The molecule has 1 fully saturated rings. The first-order valence-electron chi connectivity index (χ1n) is 4.49. The zero-order valence-electron chi connectivity index (χ0n) is 7.74. The molecule has 1 aromatic rings. The fourth-order valence-electron chi connectivity index (χ4n) is 1.43. The molecule has 5 heteroatoms. The summed E-state index contributed by atoms with van der Waals surface area (Å²) in [6.07, 6.45) is -3.31. The molecule has 15 heavy (non-hydrogen) atoms. The van der Waals surface area contributed by atoms with Crippen molar-refractivity contribution in [1.29, 1.82) is 0 Å². The molecular formula is C10H9F2NO2. The average molecular weight is 213 g/mol. The lowest BCUT2D eigenvalue weighted by molar-refractivity contribution is 0.140. The van der Waals surface area contributed by atoms with E-state index in [2.05, 4.69) is 5.32 Å². The molecule has 1 atom stereocenters. The van der Waals surface area contributed by atoms with E-state index in [0.717, 1.165) is 5.56 Å². The maximum Gasteiger partial charge on any atom is 0.407 e. The number of nitrogens with one attached hydrogen (secondary N) is 1. The number of rotatable bonds is 2. The van der Waals surface area contributed by atoms with Gasteiger partial charge in [0.15, 0.2) is 0 Å². The Kier molecular flexibility index (Phi) is 2.53. The lowest BCUT2D eigenvalue weighted by Crippen LogP contribution is -2.12. The van der Waals surface area contributed by atoms with Gasteiger partial charge in [-0.1, -0.05) is 24.3 Å². The van der Waals surface area contributed by atoms with Crippen LogP contribution in [0.1, 0.15) is 23.7 Å². The largest absolute Gasteiger partial charge is 0.439 e. The second-order valence-corrected chi connectivity index (χ2v) is 3.24. The molecule has 1 aliphatic heterocycles. The molecule has 1 N–H and O–H groups in total. The van der Waals surface area contributed by atoms with Gasteiger partial charge >= 0.3 is 6.09 Å². The van der Waals surface area contributed by atoms with Crippen LogP contribution >= 0.6 is 0 Å². The summed E-state index contributed by atoms with van der Waals surface area (Å²) in [6, 6.07) is 5.77. The van der Waals surface area contributed by atoms with E-state index in [1.165, 1.54) is 12.1 Å². The number of benzene rings is 1. The third kappa shape index (κ3) is 2.06. The summed E-state index contributed by atoms with van der Waals surface area (Å²) in [5.74, 6) is 0. The number of ether oxygens (including phenoxy) is 1. The number of carbonyl (C=O) groups excluding carboxylic acids is 1. The number of hydrogen-bond acceptors (Lipinski definition) is 2. The number of carbonyl (C=O) groups is 1. The standard InChI is InChI=1S/C10H9F2NO2/c11-9(12)7-3-1-6(2-4-7)8-5-13-10(14)15-8/h1-4,8-9H,5H2,(H,13,14). The molecule has 2 rings (SSSR count). The van der Waals surface area contributed by atoms with E-state index in [1.54, 1.807) is 12.1 Å². The topological polar surface area (TPSA) is 38.3 Å². The van der Waals surface area contributed by atoms with Gasteiger partial charge in [0.2, 0.25) is 0 Å². The molecule has 0 aromatic heterocycles. The minimum absolute atomic E-state index is 0.0315. The van der Waals surface area contributed by atoms with Gasteiger partial charge in [-0.15, -0.1) is 0 Å². The highest BCUT2D eigenvalue weighted by Gasteiger charge is 2.24. The monoisotopic (exact) mass is 213 g/mol. The highest BCUT2D eigenvalue weighted by atomic mass is 19.3. The third-order valence-electron chi connectivity index (χ3n) is 2.24. The van der Waals surface area contributed by atoms with Crippen LogP contribution in [0, 0.1) is 0 Å². The normalized spacial score (nSPS) is 20.2. The first-order chi connectivity index (χ1) is 7.16. The van der Waals surface area contributed by atoms with E-state index in [0.29, 0.717) is 6.54 Å². The first kappa shape index (κ1) is 9.89. The predicted octanol–water partition coefficient (Wildman–Crippen LogP) is 2.41. The average Bonchev–Trinajstić information content (AvgIpc) is 2.65. The number of cyclic esters (lactones) is 1. The Morgan fingerprint density at radius 1 is 1.33 bits per heavy atom. The van der Waals surface area contributed by atoms with Gasteiger partial charge in [-0.3, -0.25) is 0 Å². The molecule has 1 aromatic carbocycles. The summed E-state index contributed by atoms with van der Waals surface area (Å²) in [5.41, 5.74) is 0.689.